The van der Waals surface area contributed by atoms with E-state index in [1.54, 1.807) is 32.9 Å². The third kappa shape index (κ3) is 6.80. The maximum absolute atomic E-state index is 11.9. The van der Waals surface area contributed by atoms with E-state index < -0.39 is 23.6 Å². The largest absolute Gasteiger partial charge is 0.469 e. The van der Waals surface area contributed by atoms with Gasteiger partial charge in [0.2, 0.25) is 0 Å². The van der Waals surface area contributed by atoms with Crippen LogP contribution >= 0.6 is 11.6 Å². The third-order valence-electron chi connectivity index (χ3n) is 2.80. The Morgan fingerprint density at radius 3 is 2.55 bits per heavy atom. The Kier molecular flexibility index (Phi) is 6.68. The van der Waals surface area contributed by atoms with Gasteiger partial charge in [-0.15, -0.1) is 0 Å². The summed E-state index contributed by atoms with van der Waals surface area (Å²) in [7, 11) is 1.32. The number of methoxy groups -OCH3 is 1. The second-order valence-electron chi connectivity index (χ2n) is 5.94. The number of hydrogen-bond donors (Lipinski definition) is 1. The molecule has 22 heavy (non-hydrogen) atoms. The molecule has 0 saturated carbocycles. The summed E-state index contributed by atoms with van der Waals surface area (Å²) in [5, 5.41) is 3.19. The van der Waals surface area contributed by atoms with E-state index in [1.807, 2.05) is 12.1 Å². The molecule has 0 bridgehead atoms. The van der Waals surface area contributed by atoms with Crippen molar-refractivity contribution < 1.29 is 19.1 Å². The molecule has 0 heterocycles. The van der Waals surface area contributed by atoms with Crippen LogP contribution < -0.4 is 5.32 Å². The molecule has 1 aromatic carbocycles. The highest BCUT2D eigenvalue weighted by Crippen LogP contribution is 2.15. The summed E-state index contributed by atoms with van der Waals surface area (Å²) in [5.74, 6) is -0.896. The summed E-state index contributed by atoms with van der Waals surface area (Å²) in [6, 6.07) is 7.23. The van der Waals surface area contributed by atoms with E-state index in [2.05, 4.69) is 5.32 Å². The molecule has 6 heteroatoms. The summed E-state index contributed by atoms with van der Waals surface area (Å²) in [4.78, 5) is 23.5. The Morgan fingerprint density at radius 2 is 2.00 bits per heavy atom. The van der Waals surface area contributed by atoms with Crippen molar-refractivity contribution in [2.45, 2.75) is 32.8 Å². The topological polar surface area (TPSA) is 64.6 Å². The van der Waals surface area contributed by atoms with Gasteiger partial charge in [-0.1, -0.05) is 23.7 Å². The normalized spacial score (nSPS) is 12.4. The van der Waals surface area contributed by atoms with Gasteiger partial charge in [0.15, 0.2) is 0 Å². The van der Waals surface area contributed by atoms with Gasteiger partial charge in [0.05, 0.1) is 13.0 Å². The number of alkyl carbamates (subject to hydrolysis) is 1. The Balaban J connectivity index is 2.66. The van der Waals surface area contributed by atoms with Gasteiger partial charge in [0.25, 0.3) is 0 Å². The van der Waals surface area contributed by atoms with Crippen LogP contribution in [0.25, 0.3) is 0 Å². The van der Waals surface area contributed by atoms with Gasteiger partial charge >= 0.3 is 12.1 Å². The fourth-order valence-corrected chi connectivity index (χ4v) is 2.09. The quantitative estimate of drug-likeness (QED) is 0.843. The number of nitrogens with one attached hydrogen (secondary N) is 1. The highest BCUT2D eigenvalue weighted by molar-refractivity contribution is 6.30. The highest BCUT2D eigenvalue weighted by atomic mass is 35.5. The Morgan fingerprint density at radius 1 is 1.32 bits per heavy atom. The van der Waals surface area contributed by atoms with E-state index in [4.69, 9.17) is 21.1 Å². The minimum absolute atomic E-state index is 0.133. The summed E-state index contributed by atoms with van der Waals surface area (Å²) in [6.45, 7) is 5.46. The van der Waals surface area contributed by atoms with Gasteiger partial charge in [-0.05, 0) is 44.9 Å². The van der Waals surface area contributed by atoms with Gasteiger partial charge in [-0.2, -0.15) is 0 Å². The molecule has 1 unspecified atom stereocenters. The van der Waals surface area contributed by atoms with Crippen molar-refractivity contribution in [3.63, 3.8) is 0 Å². The first kappa shape index (κ1) is 18.3. The molecule has 1 amide bonds. The molecule has 1 N–H and O–H groups in total. The fraction of sp³-hybridized carbons (Fsp3) is 0.500. The van der Waals surface area contributed by atoms with Crippen molar-refractivity contribution in [3.8, 4) is 0 Å². The zero-order valence-electron chi connectivity index (χ0n) is 13.3. The number of hydrogen-bond acceptors (Lipinski definition) is 4. The zero-order valence-corrected chi connectivity index (χ0v) is 14.1. The molecule has 0 aliphatic heterocycles. The van der Waals surface area contributed by atoms with Crippen LogP contribution in [0.5, 0.6) is 0 Å². The average Bonchev–Trinajstić information content (AvgIpc) is 2.40. The Hall–Kier alpha value is -1.75. The van der Waals surface area contributed by atoms with E-state index >= 15 is 0 Å². The summed E-state index contributed by atoms with van der Waals surface area (Å²) in [6.07, 6.45) is -0.143. The molecule has 0 radical (unpaired) electrons. The predicted octanol–water partition coefficient (Wildman–Crippen LogP) is 3.20. The van der Waals surface area contributed by atoms with Crippen LogP contribution in [-0.4, -0.2) is 31.3 Å². The predicted molar refractivity (Wildman–Crippen MR) is 84.9 cm³/mol. The molecular weight excluding hydrogens is 306 g/mol. The van der Waals surface area contributed by atoms with Crippen LogP contribution in [0.15, 0.2) is 24.3 Å². The number of halogens is 1. The molecule has 1 aromatic rings. The van der Waals surface area contributed by atoms with E-state index in [0.29, 0.717) is 11.4 Å². The van der Waals surface area contributed by atoms with Crippen LogP contribution in [0.3, 0.4) is 0 Å². The molecule has 122 valence electrons. The van der Waals surface area contributed by atoms with E-state index in [0.717, 1.165) is 5.56 Å². The SMILES string of the molecule is COC(=O)C(CNC(=O)OC(C)(C)C)Cc1cccc(Cl)c1. The molecule has 1 atom stereocenters. The molecule has 0 aliphatic rings. The second kappa shape index (κ2) is 8.03. The molecule has 0 saturated heterocycles. The lowest BCUT2D eigenvalue weighted by Gasteiger charge is -2.21. The number of rotatable bonds is 5. The van der Waals surface area contributed by atoms with E-state index in [9.17, 15) is 9.59 Å². The molecule has 0 spiro atoms. The molecular formula is C16H22ClNO4. The monoisotopic (exact) mass is 327 g/mol. The number of benzene rings is 1. The number of carbonyl (C=O) groups excluding carboxylic acids is 2. The summed E-state index contributed by atoms with van der Waals surface area (Å²) < 4.78 is 9.93. The number of carbonyl (C=O) groups is 2. The molecule has 0 aromatic heterocycles. The Bertz CT molecular complexity index is 525. The molecule has 0 aliphatic carbocycles. The maximum Gasteiger partial charge on any atom is 0.407 e. The van der Waals surface area contributed by atoms with Gasteiger partial charge in [0.1, 0.15) is 5.60 Å². The van der Waals surface area contributed by atoms with Crippen molar-refractivity contribution in [3.05, 3.63) is 34.9 Å². The lowest BCUT2D eigenvalue weighted by atomic mass is 9.99. The van der Waals surface area contributed by atoms with E-state index in [-0.39, 0.29) is 6.54 Å². The molecule has 5 nitrogen and oxygen atoms in total. The van der Waals surface area contributed by atoms with Crippen molar-refractivity contribution >= 4 is 23.7 Å². The van der Waals surface area contributed by atoms with Crippen molar-refractivity contribution in [2.75, 3.05) is 13.7 Å². The number of ether oxygens (including phenoxy) is 2. The van der Waals surface area contributed by atoms with Gasteiger partial charge in [-0.25, -0.2) is 4.79 Å². The van der Waals surface area contributed by atoms with Gasteiger partial charge in [-0.3, -0.25) is 4.79 Å². The van der Waals surface area contributed by atoms with Crippen LogP contribution in [-0.2, 0) is 20.7 Å². The molecule has 0 fully saturated rings. The van der Waals surface area contributed by atoms with Crippen LogP contribution in [0.1, 0.15) is 26.3 Å². The van der Waals surface area contributed by atoms with Crippen LogP contribution in [0.4, 0.5) is 4.79 Å². The minimum Gasteiger partial charge on any atom is -0.469 e. The summed E-state index contributed by atoms with van der Waals surface area (Å²) in [5.41, 5.74) is 0.312. The number of amides is 1. The van der Waals surface area contributed by atoms with Gasteiger partial charge in [0, 0.05) is 11.6 Å². The lowest BCUT2D eigenvalue weighted by molar-refractivity contribution is -0.145. The fourth-order valence-electron chi connectivity index (χ4n) is 1.87. The van der Waals surface area contributed by atoms with Crippen molar-refractivity contribution in [2.24, 2.45) is 5.92 Å². The van der Waals surface area contributed by atoms with Crippen LogP contribution in [0, 0.1) is 5.92 Å². The lowest BCUT2D eigenvalue weighted by Crippen LogP contribution is -2.38. The standard InChI is InChI=1S/C16H22ClNO4/c1-16(2,3)22-15(20)18-10-12(14(19)21-4)8-11-6-5-7-13(17)9-11/h5-7,9,12H,8,10H2,1-4H3,(H,18,20). The number of esters is 1. The maximum atomic E-state index is 11.9. The third-order valence-corrected chi connectivity index (χ3v) is 3.03. The Labute approximate surface area is 135 Å². The summed E-state index contributed by atoms with van der Waals surface area (Å²) >= 11 is 5.94. The first-order chi connectivity index (χ1) is 10.2. The first-order valence-electron chi connectivity index (χ1n) is 7.00. The van der Waals surface area contributed by atoms with E-state index in [1.165, 1.54) is 7.11 Å². The van der Waals surface area contributed by atoms with Gasteiger partial charge < -0.3 is 14.8 Å². The average molecular weight is 328 g/mol. The minimum atomic E-state index is -0.586. The molecule has 1 rings (SSSR count). The smallest absolute Gasteiger partial charge is 0.407 e. The van der Waals surface area contributed by atoms with Crippen molar-refractivity contribution in [1.29, 1.82) is 0 Å². The first-order valence-corrected chi connectivity index (χ1v) is 7.38. The van der Waals surface area contributed by atoms with Crippen LogP contribution in [0.2, 0.25) is 5.02 Å². The van der Waals surface area contributed by atoms with Crippen molar-refractivity contribution in [1.82, 2.24) is 5.32 Å². The zero-order chi connectivity index (χ0) is 16.8. The second-order valence-corrected chi connectivity index (χ2v) is 6.37. The highest BCUT2D eigenvalue weighted by Gasteiger charge is 2.22.